The number of rotatable bonds is 4. The van der Waals surface area contributed by atoms with Gasteiger partial charge in [0.15, 0.2) is 0 Å². The van der Waals surface area contributed by atoms with Gasteiger partial charge in [0, 0.05) is 24.3 Å². The molecule has 1 aliphatic heterocycles. The molecule has 2 N–H and O–H groups in total. The molecule has 4 heteroatoms. The summed E-state index contributed by atoms with van der Waals surface area (Å²) in [6, 6.07) is 4.90. The molecule has 0 saturated carbocycles. The Morgan fingerprint density at radius 3 is 2.68 bits per heavy atom. The van der Waals surface area contributed by atoms with Crippen molar-refractivity contribution in [3.63, 3.8) is 0 Å². The second-order valence-corrected chi connectivity index (χ2v) is 5.75. The number of piperidine rings is 1. The molecular formula is C15H24FN3. The van der Waals surface area contributed by atoms with Crippen LogP contribution in [0.2, 0.25) is 0 Å². The van der Waals surface area contributed by atoms with Gasteiger partial charge in [0.25, 0.3) is 0 Å². The molecule has 19 heavy (non-hydrogen) atoms. The van der Waals surface area contributed by atoms with E-state index in [1.807, 2.05) is 7.05 Å². The first kappa shape index (κ1) is 14.3. The molecule has 0 unspecified atom stereocenters. The summed E-state index contributed by atoms with van der Waals surface area (Å²) < 4.78 is 13.7. The van der Waals surface area contributed by atoms with Crippen molar-refractivity contribution >= 4 is 5.69 Å². The smallest absolute Gasteiger partial charge is 0.129 e. The van der Waals surface area contributed by atoms with Gasteiger partial charge in [0.05, 0.1) is 0 Å². The average molecular weight is 265 g/mol. The van der Waals surface area contributed by atoms with E-state index in [9.17, 15) is 4.39 Å². The van der Waals surface area contributed by atoms with Crippen molar-refractivity contribution in [1.82, 2.24) is 9.80 Å². The Morgan fingerprint density at radius 2 is 2.05 bits per heavy atom. The molecule has 0 spiro atoms. The van der Waals surface area contributed by atoms with Crippen LogP contribution in [0.3, 0.4) is 0 Å². The van der Waals surface area contributed by atoms with Gasteiger partial charge in [0.2, 0.25) is 0 Å². The third-order valence-electron chi connectivity index (χ3n) is 3.99. The second kappa shape index (κ2) is 6.35. The highest BCUT2D eigenvalue weighted by Gasteiger charge is 2.19. The molecule has 1 heterocycles. The number of nitrogen functional groups attached to an aromatic ring is 1. The fourth-order valence-electron chi connectivity index (χ4n) is 2.76. The minimum atomic E-state index is -0.199. The number of nitrogens with two attached hydrogens (primary N) is 1. The van der Waals surface area contributed by atoms with Crippen LogP contribution in [-0.4, -0.2) is 43.5 Å². The molecule has 1 aromatic rings. The predicted molar refractivity (Wildman–Crippen MR) is 77.4 cm³/mol. The summed E-state index contributed by atoms with van der Waals surface area (Å²) in [6.45, 7) is 3.94. The lowest BCUT2D eigenvalue weighted by Crippen LogP contribution is -2.35. The summed E-state index contributed by atoms with van der Waals surface area (Å²) in [5.74, 6) is 0.518. The Morgan fingerprint density at radius 1 is 1.37 bits per heavy atom. The fourth-order valence-corrected chi connectivity index (χ4v) is 2.76. The largest absolute Gasteiger partial charge is 0.398 e. The molecule has 1 fully saturated rings. The number of benzene rings is 1. The van der Waals surface area contributed by atoms with Gasteiger partial charge >= 0.3 is 0 Å². The van der Waals surface area contributed by atoms with Crippen LogP contribution >= 0.6 is 0 Å². The van der Waals surface area contributed by atoms with E-state index in [0.29, 0.717) is 23.7 Å². The zero-order chi connectivity index (χ0) is 13.8. The number of hydrogen-bond donors (Lipinski definition) is 1. The predicted octanol–water partition coefficient (Wildman–Crippen LogP) is 2.18. The van der Waals surface area contributed by atoms with E-state index >= 15 is 0 Å². The van der Waals surface area contributed by atoms with Crippen molar-refractivity contribution in [2.75, 3.05) is 39.5 Å². The Hall–Kier alpha value is -1.13. The molecule has 106 valence electrons. The van der Waals surface area contributed by atoms with Crippen molar-refractivity contribution < 1.29 is 4.39 Å². The van der Waals surface area contributed by atoms with Crippen molar-refractivity contribution in [2.45, 2.75) is 19.4 Å². The Labute approximate surface area is 115 Å². The third-order valence-corrected chi connectivity index (χ3v) is 3.99. The van der Waals surface area contributed by atoms with Crippen molar-refractivity contribution in [3.05, 3.63) is 29.6 Å². The van der Waals surface area contributed by atoms with Gasteiger partial charge < -0.3 is 15.5 Å². The number of hydrogen-bond acceptors (Lipinski definition) is 3. The summed E-state index contributed by atoms with van der Waals surface area (Å²) >= 11 is 0. The molecule has 1 saturated heterocycles. The summed E-state index contributed by atoms with van der Waals surface area (Å²) in [6.07, 6.45) is 2.46. The molecule has 0 radical (unpaired) electrons. The van der Waals surface area contributed by atoms with E-state index in [4.69, 9.17) is 5.73 Å². The number of anilines is 1. The first-order valence-corrected chi connectivity index (χ1v) is 6.96. The van der Waals surface area contributed by atoms with Gasteiger partial charge in [-0.25, -0.2) is 4.39 Å². The highest BCUT2D eigenvalue weighted by molar-refractivity contribution is 5.47. The van der Waals surface area contributed by atoms with E-state index < -0.39 is 0 Å². The maximum Gasteiger partial charge on any atom is 0.129 e. The van der Waals surface area contributed by atoms with E-state index in [-0.39, 0.29) is 5.82 Å². The van der Waals surface area contributed by atoms with E-state index in [2.05, 4.69) is 16.8 Å². The van der Waals surface area contributed by atoms with E-state index in [1.54, 1.807) is 12.1 Å². The molecule has 3 nitrogen and oxygen atoms in total. The van der Waals surface area contributed by atoms with E-state index in [0.717, 1.165) is 6.54 Å². The second-order valence-electron chi connectivity index (χ2n) is 5.75. The lowest BCUT2D eigenvalue weighted by molar-refractivity contribution is 0.173. The van der Waals surface area contributed by atoms with Crippen LogP contribution in [0.4, 0.5) is 10.1 Å². The summed E-state index contributed by atoms with van der Waals surface area (Å²) in [7, 11) is 4.21. The zero-order valence-electron chi connectivity index (χ0n) is 11.9. The zero-order valence-corrected chi connectivity index (χ0v) is 11.9. The van der Waals surface area contributed by atoms with E-state index in [1.165, 1.54) is 32.0 Å². The van der Waals surface area contributed by atoms with Gasteiger partial charge in [-0.1, -0.05) is 6.07 Å². The maximum absolute atomic E-state index is 13.7. The fraction of sp³-hybridized carbons (Fsp3) is 0.600. The molecule has 0 aliphatic carbocycles. The van der Waals surface area contributed by atoms with Gasteiger partial charge in [-0.05, 0) is 58.1 Å². The first-order chi connectivity index (χ1) is 9.06. The third kappa shape index (κ3) is 3.91. The lowest BCUT2D eigenvalue weighted by Gasteiger charge is -2.31. The van der Waals surface area contributed by atoms with Crippen LogP contribution in [0.25, 0.3) is 0 Å². The standard InChI is InChI=1S/C15H24FN3/c1-18-8-6-12(7-9-18)10-19(2)11-13-14(16)4-3-5-15(13)17/h3-5,12H,6-11,17H2,1-2H3. The van der Waals surface area contributed by atoms with Gasteiger partial charge in [-0.3, -0.25) is 0 Å². The van der Waals surface area contributed by atoms with Crippen molar-refractivity contribution in [1.29, 1.82) is 0 Å². The average Bonchev–Trinajstić information content (AvgIpc) is 2.37. The molecule has 0 bridgehead atoms. The topological polar surface area (TPSA) is 32.5 Å². The monoisotopic (exact) mass is 265 g/mol. The van der Waals surface area contributed by atoms with Crippen molar-refractivity contribution in [3.8, 4) is 0 Å². The SMILES string of the molecule is CN1CCC(CN(C)Cc2c(N)cccc2F)CC1. The van der Waals surface area contributed by atoms with Crippen LogP contribution in [0.5, 0.6) is 0 Å². The lowest BCUT2D eigenvalue weighted by atomic mass is 9.96. The highest BCUT2D eigenvalue weighted by atomic mass is 19.1. The number of halogens is 1. The number of nitrogens with zero attached hydrogens (tertiary/aromatic N) is 2. The van der Waals surface area contributed by atoms with Gasteiger partial charge in [-0.15, -0.1) is 0 Å². The first-order valence-electron chi connectivity index (χ1n) is 6.96. The van der Waals surface area contributed by atoms with Crippen LogP contribution in [0.15, 0.2) is 18.2 Å². The molecule has 0 aromatic heterocycles. The van der Waals surface area contributed by atoms with Crippen LogP contribution in [0, 0.1) is 11.7 Å². The normalized spacial score (nSPS) is 18.1. The molecule has 0 atom stereocenters. The van der Waals surface area contributed by atoms with Gasteiger partial charge in [-0.2, -0.15) is 0 Å². The Balaban J connectivity index is 1.89. The quantitative estimate of drug-likeness (QED) is 0.847. The summed E-state index contributed by atoms with van der Waals surface area (Å²) in [4.78, 5) is 4.55. The number of likely N-dealkylation sites (tertiary alicyclic amines) is 1. The van der Waals surface area contributed by atoms with Crippen molar-refractivity contribution in [2.24, 2.45) is 5.92 Å². The van der Waals surface area contributed by atoms with Crippen LogP contribution in [-0.2, 0) is 6.54 Å². The van der Waals surface area contributed by atoms with Crippen LogP contribution < -0.4 is 5.73 Å². The van der Waals surface area contributed by atoms with Crippen LogP contribution in [0.1, 0.15) is 18.4 Å². The summed E-state index contributed by atoms with van der Waals surface area (Å²) in [5.41, 5.74) is 7.02. The Bertz CT molecular complexity index is 394. The minimum Gasteiger partial charge on any atom is -0.398 e. The molecular weight excluding hydrogens is 241 g/mol. The van der Waals surface area contributed by atoms with Gasteiger partial charge in [0.1, 0.15) is 5.82 Å². The maximum atomic E-state index is 13.7. The molecule has 1 aromatic carbocycles. The summed E-state index contributed by atoms with van der Waals surface area (Å²) in [5, 5.41) is 0. The molecule has 1 aliphatic rings. The highest BCUT2D eigenvalue weighted by Crippen LogP contribution is 2.20. The Kier molecular flexibility index (Phi) is 4.77. The molecule has 2 rings (SSSR count). The molecule has 0 amide bonds. The minimum absolute atomic E-state index is 0.199.